The van der Waals surface area contributed by atoms with E-state index in [2.05, 4.69) is 15.5 Å². The highest BCUT2D eigenvalue weighted by Gasteiger charge is 2.34. The second-order valence-electron chi connectivity index (χ2n) is 5.33. The SMILES string of the molecule is CC(=O)Nc1ccc2c3c(cccc13)C(=O)N(n1cnnc1)C2=O. The molecule has 3 amide bonds. The van der Waals surface area contributed by atoms with Crippen molar-refractivity contribution in [2.75, 3.05) is 10.3 Å². The van der Waals surface area contributed by atoms with Gasteiger partial charge in [-0.2, -0.15) is 5.01 Å². The third kappa shape index (κ3) is 1.89. The maximum atomic E-state index is 12.8. The van der Waals surface area contributed by atoms with E-state index in [1.807, 2.05) is 0 Å². The van der Waals surface area contributed by atoms with Crippen molar-refractivity contribution < 1.29 is 14.4 Å². The van der Waals surface area contributed by atoms with Gasteiger partial charge in [-0.05, 0) is 18.2 Å². The zero-order chi connectivity index (χ0) is 16.8. The Labute approximate surface area is 135 Å². The molecule has 8 heteroatoms. The number of benzene rings is 2. The summed E-state index contributed by atoms with van der Waals surface area (Å²) >= 11 is 0. The van der Waals surface area contributed by atoms with E-state index in [0.717, 1.165) is 5.01 Å². The first-order valence-electron chi connectivity index (χ1n) is 7.15. The lowest BCUT2D eigenvalue weighted by atomic mass is 9.93. The summed E-state index contributed by atoms with van der Waals surface area (Å²) < 4.78 is 1.24. The molecule has 0 aliphatic carbocycles. The van der Waals surface area contributed by atoms with Gasteiger partial charge in [-0.15, -0.1) is 10.2 Å². The molecule has 1 N–H and O–H groups in total. The highest BCUT2D eigenvalue weighted by molar-refractivity contribution is 6.33. The molecule has 0 atom stereocenters. The summed E-state index contributed by atoms with van der Waals surface area (Å²) in [7, 11) is 0. The number of nitrogens with one attached hydrogen (secondary N) is 1. The number of amides is 3. The third-order valence-electron chi connectivity index (χ3n) is 3.83. The quantitative estimate of drug-likeness (QED) is 0.718. The molecule has 0 saturated carbocycles. The van der Waals surface area contributed by atoms with Crippen LogP contribution in [0.3, 0.4) is 0 Å². The Morgan fingerprint density at radius 1 is 1.00 bits per heavy atom. The van der Waals surface area contributed by atoms with Gasteiger partial charge in [0.2, 0.25) is 5.91 Å². The molecular weight excluding hydrogens is 310 g/mol. The van der Waals surface area contributed by atoms with Crippen LogP contribution < -0.4 is 10.3 Å². The van der Waals surface area contributed by atoms with Crippen molar-refractivity contribution in [2.24, 2.45) is 0 Å². The first kappa shape index (κ1) is 14.1. The minimum absolute atomic E-state index is 0.227. The summed E-state index contributed by atoms with van der Waals surface area (Å²) in [6.45, 7) is 1.40. The summed E-state index contributed by atoms with van der Waals surface area (Å²) in [6.07, 6.45) is 2.57. The van der Waals surface area contributed by atoms with E-state index in [0.29, 0.717) is 27.6 Å². The van der Waals surface area contributed by atoms with Crippen LogP contribution in [0.1, 0.15) is 27.6 Å². The highest BCUT2D eigenvalue weighted by atomic mass is 16.2. The molecule has 1 aliphatic heterocycles. The summed E-state index contributed by atoms with van der Waals surface area (Å²) in [5.74, 6) is -1.17. The minimum atomic E-state index is -0.474. The molecule has 8 nitrogen and oxygen atoms in total. The van der Waals surface area contributed by atoms with E-state index in [4.69, 9.17) is 0 Å². The molecule has 0 radical (unpaired) electrons. The minimum Gasteiger partial charge on any atom is -0.326 e. The van der Waals surface area contributed by atoms with Gasteiger partial charge in [0.1, 0.15) is 12.7 Å². The molecule has 118 valence electrons. The van der Waals surface area contributed by atoms with Gasteiger partial charge < -0.3 is 5.32 Å². The molecule has 3 aromatic rings. The Balaban J connectivity index is 1.98. The average Bonchev–Trinajstić information content (AvgIpc) is 3.07. The lowest BCUT2D eigenvalue weighted by Gasteiger charge is -2.27. The summed E-state index contributed by atoms with van der Waals surface area (Å²) in [5.41, 5.74) is 1.31. The van der Waals surface area contributed by atoms with Gasteiger partial charge in [-0.1, -0.05) is 12.1 Å². The Morgan fingerprint density at radius 3 is 2.33 bits per heavy atom. The molecule has 24 heavy (non-hydrogen) atoms. The number of carbonyl (C=O) groups excluding carboxylic acids is 3. The lowest BCUT2D eigenvalue weighted by Crippen LogP contribution is -2.47. The number of imide groups is 1. The van der Waals surface area contributed by atoms with Gasteiger partial charge in [0.05, 0.1) is 11.1 Å². The zero-order valence-electron chi connectivity index (χ0n) is 12.6. The van der Waals surface area contributed by atoms with Crippen LogP contribution in [0.2, 0.25) is 0 Å². The maximum absolute atomic E-state index is 12.8. The van der Waals surface area contributed by atoms with Crippen molar-refractivity contribution in [3.05, 3.63) is 54.1 Å². The molecule has 0 saturated heterocycles. The topological polar surface area (TPSA) is 97.2 Å². The van der Waals surface area contributed by atoms with Crippen LogP contribution >= 0.6 is 0 Å². The summed E-state index contributed by atoms with van der Waals surface area (Å²) in [6, 6.07) is 8.38. The Hall–Kier alpha value is -3.55. The van der Waals surface area contributed by atoms with Gasteiger partial charge >= 0.3 is 0 Å². The number of anilines is 1. The highest BCUT2D eigenvalue weighted by Crippen LogP contribution is 2.33. The van der Waals surface area contributed by atoms with Crippen LogP contribution in [0.5, 0.6) is 0 Å². The molecule has 1 aromatic heterocycles. The van der Waals surface area contributed by atoms with Crippen LogP contribution in [0.4, 0.5) is 5.69 Å². The van der Waals surface area contributed by atoms with Crippen molar-refractivity contribution in [1.29, 1.82) is 0 Å². The van der Waals surface area contributed by atoms with Crippen LogP contribution in [-0.2, 0) is 4.79 Å². The van der Waals surface area contributed by atoms with E-state index < -0.39 is 11.8 Å². The third-order valence-corrected chi connectivity index (χ3v) is 3.83. The van der Waals surface area contributed by atoms with E-state index in [9.17, 15) is 14.4 Å². The fourth-order valence-electron chi connectivity index (χ4n) is 2.89. The second kappa shape index (κ2) is 4.98. The monoisotopic (exact) mass is 321 g/mol. The first-order valence-corrected chi connectivity index (χ1v) is 7.15. The predicted molar refractivity (Wildman–Crippen MR) is 85.2 cm³/mol. The largest absolute Gasteiger partial charge is 0.326 e. The van der Waals surface area contributed by atoms with Crippen LogP contribution in [0.25, 0.3) is 10.8 Å². The molecule has 2 aromatic carbocycles. The molecular formula is C16H11N5O3. The smallest absolute Gasteiger partial charge is 0.280 e. The van der Waals surface area contributed by atoms with Crippen LogP contribution in [0, 0.1) is 0 Å². The Morgan fingerprint density at radius 2 is 1.67 bits per heavy atom. The van der Waals surface area contributed by atoms with Crippen molar-refractivity contribution in [3.63, 3.8) is 0 Å². The predicted octanol–water partition coefficient (Wildman–Crippen LogP) is 1.32. The van der Waals surface area contributed by atoms with Gasteiger partial charge in [0.25, 0.3) is 11.8 Å². The number of carbonyl (C=O) groups is 3. The van der Waals surface area contributed by atoms with Crippen molar-refractivity contribution >= 4 is 34.2 Å². The van der Waals surface area contributed by atoms with Gasteiger partial charge in [0.15, 0.2) is 0 Å². The molecule has 2 heterocycles. The van der Waals surface area contributed by atoms with Gasteiger partial charge in [0, 0.05) is 23.4 Å². The zero-order valence-corrected chi connectivity index (χ0v) is 12.6. The molecule has 0 bridgehead atoms. The first-order chi connectivity index (χ1) is 11.6. The van der Waals surface area contributed by atoms with Gasteiger partial charge in [-0.3, -0.25) is 14.4 Å². The molecule has 0 fully saturated rings. The normalized spacial score (nSPS) is 13.5. The number of aromatic nitrogens is 3. The number of nitrogens with zero attached hydrogens (tertiary/aromatic N) is 4. The van der Waals surface area contributed by atoms with Gasteiger partial charge in [-0.25, -0.2) is 4.68 Å². The van der Waals surface area contributed by atoms with E-state index >= 15 is 0 Å². The molecule has 0 unspecified atom stereocenters. The fourth-order valence-corrected chi connectivity index (χ4v) is 2.89. The van der Waals surface area contributed by atoms with Crippen molar-refractivity contribution in [3.8, 4) is 0 Å². The van der Waals surface area contributed by atoms with E-state index in [-0.39, 0.29) is 5.91 Å². The number of rotatable bonds is 2. The maximum Gasteiger partial charge on any atom is 0.280 e. The summed E-state index contributed by atoms with van der Waals surface area (Å²) in [4.78, 5) is 36.9. The second-order valence-corrected chi connectivity index (χ2v) is 5.33. The number of hydrogen-bond donors (Lipinski definition) is 1. The van der Waals surface area contributed by atoms with Crippen molar-refractivity contribution in [1.82, 2.24) is 14.9 Å². The average molecular weight is 321 g/mol. The van der Waals surface area contributed by atoms with Crippen LogP contribution in [-0.4, -0.2) is 32.6 Å². The molecule has 1 aliphatic rings. The lowest BCUT2D eigenvalue weighted by molar-refractivity contribution is -0.114. The summed E-state index contributed by atoms with van der Waals surface area (Å²) in [5, 5.41) is 12.1. The fraction of sp³-hybridized carbons (Fsp3) is 0.0625. The molecule has 4 rings (SSSR count). The standard InChI is InChI=1S/C16H11N5O3/c1-9(22)19-13-6-5-12-14-10(13)3-2-4-11(14)15(23)21(16(12)24)20-7-17-18-8-20/h2-8H,1H3,(H,19,22). The van der Waals surface area contributed by atoms with Crippen LogP contribution in [0.15, 0.2) is 43.0 Å². The number of hydrogen-bond acceptors (Lipinski definition) is 5. The van der Waals surface area contributed by atoms with E-state index in [1.165, 1.54) is 24.3 Å². The van der Waals surface area contributed by atoms with Crippen molar-refractivity contribution in [2.45, 2.75) is 6.92 Å². The Kier molecular flexibility index (Phi) is 2.92. The molecule has 0 spiro atoms. The van der Waals surface area contributed by atoms with E-state index in [1.54, 1.807) is 30.3 Å². The Bertz CT molecular complexity index is 988.